The highest BCUT2D eigenvalue weighted by Gasteiger charge is 2.12. The van der Waals surface area contributed by atoms with E-state index in [9.17, 15) is 9.59 Å². The number of carbonyl (C=O) groups excluding carboxylic acids is 2. The molecule has 1 atom stereocenters. The van der Waals surface area contributed by atoms with Crippen molar-refractivity contribution in [1.82, 2.24) is 10.6 Å². The van der Waals surface area contributed by atoms with Crippen LogP contribution in [-0.4, -0.2) is 38.0 Å². The summed E-state index contributed by atoms with van der Waals surface area (Å²) in [6.07, 6.45) is 0. The minimum Gasteiger partial charge on any atom is -0.352 e. The van der Waals surface area contributed by atoms with E-state index in [4.69, 9.17) is 0 Å². The van der Waals surface area contributed by atoms with Gasteiger partial charge in [-0.05, 0) is 25.3 Å². The van der Waals surface area contributed by atoms with Crippen molar-refractivity contribution in [3.63, 3.8) is 0 Å². The zero-order valence-corrected chi connectivity index (χ0v) is 14.9. The number of hydrogen-bond donors (Lipinski definition) is 3. The maximum absolute atomic E-state index is 11.9. The Labute approximate surface area is 139 Å². The van der Waals surface area contributed by atoms with E-state index in [0.29, 0.717) is 12.5 Å². The largest absolute Gasteiger partial charge is 0.352 e. The van der Waals surface area contributed by atoms with Gasteiger partial charge in [0.15, 0.2) is 6.54 Å². The lowest BCUT2D eigenvalue weighted by atomic mass is 10.0. The molecule has 1 aromatic rings. The fourth-order valence-corrected chi connectivity index (χ4v) is 2.32. The number of benzene rings is 1. The van der Waals surface area contributed by atoms with E-state index in [1.165, 1.54) is 11.1 Å². The Morgan fingerprint density at radius 2 is 1.65 bits per heavy atom. The van der Waals surface area contributed by atoms with Crippen molar-refractivity contribution in [3.05, 3.63) is 35.4 Å². The van der Waals surface area contributed by atoms with Crippen LogP contribution in [0, 0.1) is 0 Å². The summed E-state index contributed by atoms with van der Waals surface area (Å²) in [5.74, 6) is 0.257. The number of hydrogen-bond acceptors (Lipinski definition) is 2. The summed E-state index contributed by atoms with van der Waals surface area (Å²) in [7, 11) is 1.98. The van der Waals surface area contributed by atoms with Crippen LogP contribution in [0.4, 0.5) is 0 Å². The Bertz CT molecular complexity index is 510. The van der Waals surface area contributed by atoms with Crippen molar-refractivity contribution in [2.45, 2.75) is 46.2 Å². The van der Waals surface area contributed by atoms with Crippen LogP contribution in [0.15, 0.2) is 24.3 Å². The topological polar surface area (TPSA) is 62.6 Å². The van der Waals surface area contributed by atoms with Gasteiger partial charge in [-0.15, -0.1) is 0 Å². The zero-order chi connectivity index (χ0) is 17.4. The molecule has 0 heterocycles. The smallest absolute Gasteiger partial charge is 0.275 e. The monoisotopic (exact) mass is 320 g/mol. The van der Waals surface area contributed by atoms with Gasteiger partial charge in [-0.2, -0.15) is 0 Å². The maximum atomic E-state index is 11.9. The quantitative estimate of drug-likeness (QED) is 0.652. The molecule has 0 fully saturated rings. The minimum atomic E-state index is -0.157. The molecule has 0 aliphatic carbocycles. The average Bonchev–Trinajstić information content (AvgIpc) is 2.44. The average molecular weight is 320 g/mol. The van der Waals surface area contributed by atoms with Crippen LogP contribution in [-0.2, 0) is 16.1 Å². The first kappa shape index (κ1) is 19.2. The number of quaternary nitrogens is 1. The predicted molar refractivity (Wildman–Crippen MR) is 92.3 cm³/mol. The van der Waals surface area contributed by atoms with Crippen molar-refractivity contribution >= 4 is 11.8 Å². The molecule has 0 bridgehead atoms. The van der Waals surface area contributed by atoms with Gasteiger partial charge in [0.05, 0.1) is 13.6 Å². The molecule has 5 nitrogen and oxygen atoms in total. The molecule has 0 radical (unpaired) electrons. The van der Waals surface area contributed by atoms with Crippen LogP contribution in [0.5, 0.6) is 0 Å². The van der Waals surface area contributed by atoms with E-state index in [-0.39, 0.29) is 24.4 Å². The van der Waals surface area contributed by atoms with Gasteiger partial charge in [0.25, 0.3) is 5.91 Å². The lowest BCUT2D eigenvalue weighted by molar-refractivity contribution is -0.885. The van der Waals surface area contributed by atoms with Gasteiger partial charge in [0.2, 0.25) is 5.91 Å². The SMILES string of the molecule is CC(C)NC(=O)CNC(=O)C[NH+](C)Cc1ccc(C(C)C)cc1. The van der Waals surface area contributed by atoms with Crippen LogP contribution in [0.25, 0.3) is 0 Å². The standard InChI is InChI=1S/C18H29N3O2/c1-13(2)16-8-6-15(7-9-16)11-21(5)12-18(23)19-10-17(22)20-14(3)4/h6-9,13-14H,10-12H2,1-5H3,(H,19,23)(H,20,22)/p+1. The first-order chi connectivity index (χ1) is 10.8. The second-order valence-electron chi connectivity index (χ2n) is 6.71. The Kier molecular flexibility index (Phi) is 7.75. The summed E-state index contributed by atoms with van der Waals surface area (Å²) in [6.45, 7) is 9.29. The van der Waals surface area contributed by atoms with Crippen LogP contribution >= 0.6 is 0 Å². The molecule has 0 aliphatic heterocycles. The van der Waals surface area contributed by atoms with Gasteiger partial charge in [0.1, 0.15) is 6.54 Å². The highest BCUT2D eigenvalue weighted by molar-refractivity contribution is 5.85. The van der Waals surface area contributed by atoms with Gasteiger partial charge in [0, 0.05) is 11.6 Å². The van der Waals surface area contributed by atoms with E-state index >= 15 is 0 Å². The van der Waals surface area contributed by atoms with E-state index in [1.54, 1.807) is 0 Å². The summed E-state index contributed by atoms with van der Waals surface area (Å²) in [6, 6.07) is 8.61. The summed E-state index contributed by atoms with van der Waals surface area (Å²) in [5.41, 5.74) is 2.53. The van der Waals surface area contributed by atoms with Crippen LogP contribution in [0.2, 0.25) is 0 Å². The first-order valence-corrected chi connectivity index (χ1v) is 8.24. The molecule has 23 heavy (non-hydrogen) atoms. The summed E-state index contributed by atoms with van der Waals surface area (Å²) >= 11 is 0. The molecule has 2 amide bonds. The molecule has 1 rings (SSSR count). The van der Waals surface area contributed by atoms with E-state index in [2.05, 4.69) is 48.7 Å². The third-order valence-corrected chi connectivity index (χ3v) is 3.51. The summed E-state index contributed by atoms with van der Waals surface area (Å²) in [4.78, 5) is 24.4. The minimum absolute atomic E-state index is 0.0351. The molecule has 128 valence electrons. The third-order valence-electron chi connectivity index (χ3n) is 3.51. The van der Waals surface area contributed by atoms with Crippen molar-refractivity contribution in [3.8, 4) is 0 Å². The number of likely N-dealkylation sites (N-methyl/N-ethyl adjacent to an activating group) is 1. The van der Waals surface area contributed by atoms with Crippen molar-refractivity contribution in [2.75, 3.05) is 20.1 Å². The molecule has 5 heteroatoms. The summed E-state index contributed by atoms with van der Waals surface area (Å²) < 4.78 is 0. The van der Waals surface area contributed by atoms with Gasteiger partial charge < -0.3 is 15.5 Å². The van der Waals surface area contributed by atoms with E-state index in [0.717, 1.165) is 11.4 Å². The van der Waals surface area contributed by atoms with E-state index < -0.39 is 0 Å². The van der Waals surface area contributed by atoms with Gasteiger partial charge in [-0.3, -0.25) is 9.59 Å². The Morgan fingerprint density at radius 3 is 2.17 bits per heavy atom. The lowest BCUT2D eigenvalue weighted by Crippen LogP contribution is -3.08. The van der Waals surface area contributed by atoms with Crippen molar-refractivity contribution in [1.29, 1.82) is 0 Å². The summed E-state index contributed by atoms with van der Waals surface area (Å²) in [5, 5.41) is 5.40. The first-order valence-electron chi connectivity index (χ1n) is 8.24. The number of amides is 2. The van der Waals surface area contributed by atoms with E-state index in [1.807, 2.05) is 20.9 Å². The molecular weight excluding hydrogens is 290 g/mol. The Morgan fingerprint density at radius 1 is 1.04 bits per heavy atom. The molecule has 0 aliphatic rings. The number of carbonyl (C=O) groups is 2. The molecule has 0 saturated carbocycles. The molecule has 1 unspecified atom stereocenters. The van der Waals surface area contributed by atoms with Gasteiger partial charge >= 0.3 is 0 Å². The number of rotatable bonds is 8. The molecule has 0 saturated heterocycles. The third kappa shape index (κ3) is 7.79. The molecule has 3 N–H and O–H groups in total. The molecule has 1 aromatic carbocycles. The second-order valence-corrected chi connectivity index (χ2v) is 6.71. The van der Waals surface area contributed by atoms with Gasteiger partial charge in [-0.25, -0.2) is 0 Å². The highest BCUT2D eigenvalue weighted by Crippen LogP contribution is 2.14. The molecule has 0 aromatic heterocycles. The van der Waals surface area contributed by atoms with Crippen LogP contribution < -0.4 is 15.5 Å². The molecule has 0 spiro atoms. The Hall–Kier alpha value is -1.88. The Balaban J connectivity index is 2.36. The van der Waals surface area contributed by atoms with Crippen molar-refractivity contribution < 1.29 is 14.5 Å². The highest BCUT2D eigenvalue weighted by atomic mass is 16.2. The normalized spacial score (nSPS) is 12.3. The lowest BCUT2D eigenvalue weighted by Gasteiger charge is -2.15. The number of nitrogens with one attached hydrogen (secondary N) is 3. The second kappa shape index (κ2) is 9.30. The fraction of sp³-hybridized carbons (Fsp3) is 0.556. The maximum Gasteiger partial charge on any atom is 0.275 e. The van der Waals surface area contributed by atoms with Crippen LogP contribution in [0.1, 0.15) is 44.7 Å². The van der Waals surface area contributed by atoms with Crippen LogP contribution in [0.3, 0.4) is 0 Å². The fourth-order valence-electron chi connectivity index (χ4n) is 2.32. The van der Waals surface area contributed by atoms with Gasteiger partial charge in [-0.1, -0.05) is 38.1 Å². The van der Waals surface area contributed by atoms with Crippen molar-refractivity contribution in [2.24, 2.45) is 0 Å². The zero-order valence-electron chi connectivity index (χ0n) is 14.9. The molecular formula is C18H30N3O2+. The predicted octanol–water partition coefficient (Wildman–Crippen LogP) is 0.466.